The molecule has 0 saturated heterocycles. The molecule has 1 N–H and O–H groups in total. The van der Waals surface area contributed by atoms with E-state index in [1.54, 1.807) is 0 Å². The smallest absolute Gasteiger partial charge is 0.307 e. The molecule has 0 spiro atoms. The van der Waals surface area contributed by atoms with Gasteiger partial charge in [-0.1, -0.05) is 0 Å². The van der Waals surface area contributed by atoms with Crippen molar-refractivity contribution < 1.29 is 19.4 Å². The van der Waals surface area contributed by atoms with Gasteiger partial charge in [0.25, 0.3) is 0 Å². The zero-order chi connectivity index (χ0) is 12.9. The van der Waals surface area contributed by atoms with Gasteiger partial charge in [0.15, 0.2) is 0 Å². The van der Waals surface area contributed by atoms with Crippen molar-refractivity contribution in [1.29, 1.82) is 0 Å². The van der Waals surface area contributed by atoms with E-state index in [0.717, 1.165) is 41.0 Å². The molecule has 18 heavy (non-hydrogen) atoms. The molecular weight excluding hydrogens is 232 g/mol. The number of hydrogen-bond donors (Lipinski definition) is 1. The molecule has 0 radical (unpaired) electrons. The number of aliphatic carboxylic acids is 1. The Morgan fingerprint density at radius 1 is 1.33 bits per heavy atom. The van der Waals surface area contributed by atoms with Gasteiger partial charge in [0, 0.05) is 29.5 Å². The highest BCUT2D eigenvalue weighted by Gasteiger charge is 2.31. The van der Waals surface area contributed by atoms with Crippen molar-refractivity contribution >= 4 is 5.97 Å². The summed E-state index contributed by atoms with van der Waals surface area (Å²) >= 11 is 0. The predicted octanol–water partition coefficient (Wildman–Crippen LogP) is 1.96. The Morgan fingerprint density at radius 3 is 2.78 bits per heavy atom. The van der Waals surface area contributed by atoms with Crippen molar-refractivity contribution in [2.45, 2.75) is 45.3 Å². The summed E-state index contributed by atoms with van der Waals surface area (Å²) in [6.45, 7) is 4.00. The third-order valence-corrected chi connectivity index (χ3v) is 3.51. The fourth-order valence-corrected chi connectivity index (χ4v) is 2.85. The molecular formula is C14H16O4. The maximum atomic E-state index is 11.0. The molecule has 2 unspecified atom stereocenters. The van der Waals surface area contributed by atoms with E-state index in [4.69, 9.17) is 14.6 Å². The van der Waals surface area contributed by atoms with E-state index >= 15 is 0 Å². The van der Waals surface area contributed by atoms with Crippen LogP contribution in [0.5, 0.6) is 11.5 Å². The first-order valence-electron chi connectivity index (χ1n) is 6.27. The second-order valence-electron chi connectivity index (χ2n) is 5.16. The number of ether oxygens (including phenoxy) is 2. The molecule has 1 aromatic rings. The Kier molecular flexibility index (Phi) is 2.47. The van der Waals surface area contributed by atoms with Crippen LogP contribution in [0.25, 0.3) is 0 Å². The van der Waals surface area contributed by atoms with Gasteiger partial charge in [0.05, 0.1) is 6.42 Å². The average Bonchev–Trinajstić information content (AvgIpc) is 2.79. The van der Waals surface area contributed by atoms with E-state index in [1.165, 1.54) is 0 Å². The minimum atomic E-state index is -0.826. The molecule has 2 aliphatic heterocycles. The largest absolute Gasteiger partial charge is 0.490 e. The van der Waals surface area contributed by atoms with Gasteiger partial charge in [-0.3, -0.25) is 4.79 Å². The van der Waals surface area contributed by atoms with E-state index in [0.29, 0.717) is 0 Å². The molecule has 2 heterocycles. The minimum absolute atomic E-state index is 0.00824. The molecule has 4 heteroatoms. The fourth-order valence-electron chi connectivity index (χ4n) is 2.85. The van der Waals surface area contributed by atoms with Crippen molar-refractivity contribution in [1.82, 2.24) is 0 Å². The first-order valence-corrected chi connectivity index (χ1v) is 6.27. The van der Waals surface area contributed by atoms with E-state index in [-0.39, 0.29) is 18.6 Å². The van der Waals surface area contributed by atoms with Crippen LogP contribution in [0.4, 0.5) is 0 Å². The van der Waals surface area contributed by atoms with Gasteiger partial charge in [-0.25, -0.2) is 0 Å². The van der Waals surface area contributed by atoms with Crippen LogP contribution in [0, 0.1) is 0 Å². The first-order chi connectivity index (χ1) is 8.54. The summed E-state index contributed by atoms with van der Waals surface area (Å²) in [7, 11) is 0. The molecule has 1 aromatic carbocycles. The molecule has 0 aromatic heterocycles. The van der Waals surface area contributed by atoms with Gasteiger partial charge in [-0.2, -0.15) is 0 Å². The second kappa shape index (κ2) is 3.90. The zero-order valence-corrected chi connectivity index (χ0v) is 10.5. The number of carbonyl (C=O) groups is 1. The number of fused-ring (bicyclic) bond motifs is 2. The summed E-state index contributed by atoms with van der Waals surface area (Å²) in [4.78, 5) is 11.0. The van der Waals surface area contributed by atoms with Crippen LogP contribution < -0.4 is 9.47 Å². The number of carboxylic acid groups (broad SMARTS) is 1. The van der Waals surface area contributed by atoms with E-state index < -0.39 is 5.97 Å². The Labute approximate surface area is 106 Å². The molecule has 4 nitrogen and oxygen atoms in total. The summed E-state index contributed by atoms with van der Waals surface area (Å²) in [6.07, 6.45) is 1.84. The van der Waals surface area contributed by atoms with Crippen molar-refractivity contribution in [2.24, 2.45) is 0 Å². The van der Waals surface area contributed by atoms with Gasteiger partial charge in [0.1, 0.15) is 23.7 Å². The Morgan fingerprint density at radius 2 is 2.06 bits per heavy atom. The Bertz CT molecular complexity index is 485. The lowest BCUT2D eigenvalue weighted by Gasteiger charge is -2.11. The predicted molar refractivity (Wildman–Crippen MR) is 65.4 cm³/mol. The topological polar surface area (TPSA) is 55.8 Å². The normalized spacial score (nSPS) is 24.1. The van der Waals surface area contributed by atoms with Crippen molar-refractivity contribution in [3.8, 4) is 11.5 Å². The molecule has 0 fully saturated rings. The van der Waals surface area contributed by atoms with Crippen molar-refractivity contribution in [3.05, 3.63) is 22.8 Å². The van der Waals surface area contributed by atoms with Crippen LogP contribution in [0.1, 0.15) is 30.5 Å². The highest BCUT2D eigenvalue weighted by molar-refractivity contribution is 5.74. The Balaban J connectivity index is 2.12. The highest BCUT2D eigenvalue weighted by atomic mass is 16.5. The van der Waals surface area contributed by atoms with E-state index in [1.807, 2.05) is 19.9 Å². The summed E-state index contributed by atoms with van der Waals surface area (Å²) in [5, 5.41) is 9.06. The molecule has 2 aliphatic rings. The van der Waals surface area contributed by atoms with E-state index in [9.17, 15) is 4.79 Å². The Hall–Kier alpha value is -1.71. The van der Waals surface area contributed by atoms with Crippen LogP contribution in [-0.2, 0) is 24.1 Å². The van der Waals surface area contributed by atoms with Crippen LogP contribution >= 0.6 is 0 Å². The number of hydrogen-bond acceptors (Lipinski definition) is 3. The summed E-state index contributed by atoms with van der Waals surface area (Å²) in [5.41, 5.74) is 2.90. The van der Waals surface area contributed by atoms with E-state index in [2.05, 4.69) is 0 Å². The fraction of sp³-hybridized carbons (Fsp3) is 0.500. The zero-order valence-electron chi connectivity index (χ0n) is 10.5. The van der Waals surface area contributed by atoms with Crippen LogP contribution in [0.3, 0.4) is 0 Å². The maximum Gasteiger partial charge on any atom is 0.307 e. The van der Waals surface area contributed by atoms with Gasteiger partial charge >= 0.3 is 5.97 Å². The number of carboxylic acids is 1. The second-order valence-corrected chi connectivity index (χ2v) is 5.16. The summed E-state index contributed by atoms with van der Waals surface area (Å²) < 4.78 is 11.5. The third-order valence-electron chi connectivity index (χ3n) is 3.51. The molecule has 96 valence electrons. The molecule has 0 bridgehead atoms. The maximum absolute atomic E-state index is 11.0. The van der Waals surface area contributed by atoms with Gasteiger partial charge < -0.3 is 14.6 Å². The summed E-state index contributed by atoms with van der Waals surface area (Å²) in [6, 6.07) is 2.02. The number of rotatable bonds is 2. The van der Waals surface area contributed by atoms with Gasteiger partial charge in [-0.05, 0) is 19.9 Å². The van der Waals surface area contributed by atoms with Crippen LogP contribution in [-0.4, -0.2) is 23.3 Å². The quantitative estimate of drug-likeness (QED) is 0.869. The monoisotopic (exact) mass is 248 g/mol. The standard InChI is InChI=1S/C14H16O4/c1-7-3-9-5-12-10(4-8(2)17-12)11(6-13(15)16)14(9)18-7/h5,7-8H,3-4,6H2,1-2H3,(H,15,16). The molecule has 0 saturated carbocycles. The van der Waals surface area contributed by atoms with Crippen LogP contribution in [0.15, 0.2) is 6.07 Å². The van der Waals surface area contributed by atoms with Gasteiger partial charge in [-0.15, -0.1) is 0 Å². The summed E-state index contributed by atoms with van der Waals surface area (Å²) in [5.74, 6) is 0.796. The average molecular weight is 248 g/mol. The lowest BCUT2D eigenvalue weighted by Crippen LogP contribution is -2.09. The lowest BCUT2D eigenvalue weighted by molar-refractivity contribution is -0.136. The third kappa shape index (κ3) is 1.72. The SMILES string of the molecule is CC1Cc2c(cc3c(c2CC(=O)O)OC(C)C3)O1. The molecule has 3 rings (SSSR count). The van der Waals surface area contributed by atoms with Crippen molar-refractivity contribution in [2.75, 3.05) is 0 Å². The first kappa shape index (κ1) is 11.4. The molecule has 0 aliphatic carbocycles. The molecule has 0 amide bonds. The minimum Gasteiger partial charge on any atom is -0.490 e. The highest BCUT2D eigenvalue weighted by Crippen LogP contribution is 2.43. The van der Waals surface area contributed by atoms with Crippen LogP contribution in [0.2, 0.25) is 0 Å². The lowest BCUT2D eigenvalue weighted by atomic mass is 9.96. The number of benzene rings is 1. The van der Waals surface area contributed by atoms with Gasteiger partial charge in [0.2, 0.25) is 0 Å². The molecule has 2 atom stereocenters. The van der Waals surface area contributed by atoms with Crippen molar-refractivity contribution in [3.63, 3.8) is 0 Å².